The summed E-state index contributed by atoms with van der Waals surface area (Å²) in [6, 6.07) is 5.01. The number of piperazine rings is 1. The molecule has 23 heavy (non-hydrogen) atoms. The molecule has 0 radical (unpaired) electrons. The fourth-order valence-corrected chi connectivity index (χ4v) is 2.92. The molecule has 1 aromatic rings. The van der Waals surface area contributed by atoms with Crippen LogP contribution in [-0.4, -0.2) is 59.7 Å². The van der Waals surface area contributed by atoms with Crippen molar-refractivity contribution in [2.24, 2.45) is 0 Å². The highest BCUT2D eigenvalue weighted by Gasteiger charge is 2.33. The van der Waals surface area contributed by atoms with Crippen LogP contribution < -0.4 is 5.32 Å². The van der Waals surface area contributed by atoms with Gasteiger partial charge in [0.2, 0.25) is 11.8 Å². The highest BCUT2D eigenvalue weighted by molar-refractivity contribution is 5.94. The van der Waals surface area contributed by atoms with E-state index < -0.39 is 6.04 Å². The summed E-state index contributed by atoms with van der Waals surface area (Å²) in [6.45, 7) is 1.75. The van der Waals surface area contributed by atoms with Crippen LogP contribution in [0.25, 0.3) is 0 Å². The number of hydrogen-bond acceptors (Lipinski definition) is 3. The number of carbonyl (C=O) groups is 3. The molecular weight excluding hydrogens is 301 g/mol. The number of amides is 3. The molecule has 2 saturated heterocycles. The Kier molecular flexibility index (Phi) is 4.27. The number of hydrogen-bond donors (Lipinski definition) is 1. The summed E-state index contributed by atoms with van der Waals surface area (Å²) in [5.41, 5.74) is 0.439. The van der Waals surface area contributed by atoms with Gasteiger partial charge in [-0.25, -0.2) is 4.39 Å². The number of carbonyl (C=O) groups excluding carboxylic acids is 3. The molecule has 0 aromatic heterocycles. The van der Waals surface area contributed by atoms with Gasteiger partial charge in [-0.3, -0.25) is 14.4 Å². The first-order valence-corrected chi connectivity index (χ1v) is 7.67. The molecule has 7 heteroatoms. The van der Waals surface area contributed by atoms with Crippen molar-refractivity contribution in [3.05, 3.63) is 35.6 Å². The quantitative estimate of drug-likeness (QED) is 0.857. The number of halogens is 1. The molecule has 2 aliphatic rings. The molecule has 1 N–H and O–H groups in total. The van der Waals surface area contributed by atoms with Crippen LogP contribution >= 0.6 is 0 Å². The summed E-state index contributed by atoms with van der Waals surface area (Å²) >= 11 is 0. The molecule has 3 rings (SSSR count). The maximum Gasteiger partial charge on any atom is 0.253 e. The molecule has 2 heterocycles. The van der Waals surface area contributed by atoms with E-state index in [1.54, 1.807) is 9.80 Å². The lowest BCUT2D eigenvalue weighted by molar-refractivity contribution is -0.135. The monoisotopic (exact) mass is 319 g/mol. The topological polar surface area (TPSA) is 69.7 Å². The Bertz CT molecular complexity index is 624. The van der Waals surface area contributed by atoms with Gasteiger partial charge in [0.25, 0.3) is 5.91 Å². The predicted molar refractivity (Wildman–Crippen MR) is 80.0 cm³/mol. The molecule has 122 valence electrons. The molecule has 1 aromatic carbocycles. The normalized spacial score (nSPS) is 21.3. The molecule has 6 nitrogen and oxygen atoms in total. The average molecular weight is 319 g/mol. The second kappa shape index (κ2) is 6.36. The summed E-state index contributed by atoms with van der Waals surface area (Å²) in [7, 11) is 0. The van der Waals surface area contributed by atoms with Gasteiger partial charge in [0.05, 0.1) is 0 Å². The summed E-state index contributed by atoms with van der Waals surface area (Å²) in [5.74, 6) is -0.708. The average Bonchev–Trinajstić information content (AvgIpc) is 3.01. The zero-order chi connectivity index (χ0) is 16.4. The van der Waals surface area contributed by atoms with Crippen molar-refractivity contribution in [1.82, 2.24) is 15.1 Å². The van der Waals surface area contributed by atoms with Crippen molar-refractivity contribution in [2.45, 2.75) is 18.9 Å². The highest BCUT2D eigenvalue weighted by Crippen LogP contribution is 2.14. The molecule has 2 aliphatic heterocycles. The first-order valence-electron chi connectivity index (χ1n) is 7.67. The Balaban J connectivity index is 1.55. The van der Waals surface area contributed by atoms with Gasteiger partial charge in [-0.15, -0.1) is 0 Å². The number of nitrogens with zero attached hydrogens (tertiary/aromatic N) is 2. The third-order valence-corrected chi connectivity index (χ3v) is 4.26. The van der Waals surface area contributed by atoms with Gasteiger partial charge in [-0.1, -0.05) is 0 Å². The van der Waals surface area contributed by atoms with Crippen molar-refractivity contribution in [3.63, 3.8) is 0 Å². The fraction of sp³-hybridized carbons (Fsp3) is 0.438. The Hall–Kier alpha value is -2.44. The Labute approximate surface area is 133 Å². The molecule has 2 fully saturated rings. The highest BCUT2D eigenvalue weighted by atomic mass is 19.1. The van der Waals surface area contributed by atoms with Crippen LogP contribution in [0.4, 0.5) is 4.39 Å². The van der Waals surface area contributed by atoms with E-state index in [2.05, 4.69) is 5.32 Å². The summed E-state index contributed by atoms with van der Waals surface area (Å²) < 4.78 is 12.9. The lowest BCUT2D eigenvalue weighted by atomic mass is 10.1. The number of rotatable bonds is 2. The van der Waals surface area contributed by atoms with E-state index in [0.29, 0.717) is 44.6 Å². The smallest absolute Gasteiger partial charge is 0.253 e. The van der Waals surface area contributed by atoms with Gasteiger partial charge in [0.15, 0.2) is 0 Å². The van der Waals surface area contributed by atoms with E-state index in [-0.39, 0.29) is 23.5 Å². The zero-order valence-electron chi connectivity index (χ0n) is 12.6. The Morgan fingerprint density at radius 3 is 2.22 bits per heavy atom. The van der Waals surface area contributed by atoms with Gasteiger partial charge in [0.1, 0.15) is 11.9 Å². The fourth-order valence-electron chi connectivity index (χ4n) is 2.92. The lowest BCUT2D eigenvalue weighted by Gasteiger charge is -2.35. The molecule has 1 unspecified atom stereocenters. The van der Waals surface area contributed by atoms with E-state index in [0.717, 1.165) is 0 Å². The third kappa shape index (κ3) is 3.33. The largest absolute Gasteiger partial charge is 0.344 e. The van der Waals surface area contributed by atoms with Crippen molar-refractivity contribution in [1.29, 1.82) is 0 Å². The van der Waals surface area contributed by atoms with E-state index in [1.807, 2.05) is 0 Å². The second-order valence-electron chi connectivity index (χ2n) is 5.78. The summed E-state index contributed by atoms with van der Waals surface area (Å²) in [4.78, 5) is 39.2. The minimum Gasteiger partial charge on any atom is -0.344 e. The van der Waals surface area contributed by atoms with E-state index in [9.17, 15) is 18.8 Å². The van der Waals surface area contributed by atoms with Crippen LogP contribution in [0.5, 0.6) is 0 Å². The van der Waals surface area contributed by atoms with Crippen LogP contribution in [0, 0.1) is 5.82 Å². The number of nitrogens with one attached hydrogen (secondary N) is 1. The van der Waals surface area contributed by atoms with Crippen molar-refractivity contribution >= 4 is 17.7 Å². The van der Waals surface area contributed by atoms with Gasteiger partial charge >= 0.3 is 0 Å². The van der Waals surface area contributed by atoms with Gasteiger partial charge in [-0.2, -0.15) is 0 Å². The first-order chi connectivity index (χ1) is 11.0. The minimum atomic E-state index is -0.429. The van der Waals surface area contributed by atoms with Crippen molar-refractivity contribution < 1.29 is 18.8 Å². The molecule has 0 saturated carbocycles. The van der Waals surface area contributed by atoms with Crippen molar-refractivity contribution in [3.8, 4) is 0 Å². The van der Waals surface area contributed by atoms with Crippen LogP contribution in [0.15, 0.2) is 24.3 Å². The molecular formula is C16H18FN3O3. The van der Waals surface area contributed by atoms with E-state index in [4.69, 9.17) is 0 Å². The lowest BCUT2D eigenvalue weighted by Crippen LogP contribution is -2.54. The minimum absolute atomic E-state index is 0.0790. The predicted octanol–water partition coefficient (Wildman–Crippen LogP) is 0.389. The van der Waals surface area contributed by atoms with Crippen LogP contribution in [0.3, 0.4) is 0 Å². The maximum atomic E-state index is 12.9. The van der Waals surface area contributed by atoms with Crippen LogP contribution in [0.2, 0.25) is 0 Å². The first kappa shape index (κ1) is 15.5. The zero-order valence-corrected chi connectivity index (χ0v) is 12.6. The third-order valence-electron chi connectivity index (χ3n) is 4.26. The SMILES string of the molecule is O=C1CCC(C(=O)N2CCN(C(=O)c3ccc(F)cc3)CC2)N1. The maximum absolute atomic E-state index is 12.9. The summed E-state index contributed by atoms with van der Waals surface area (Å²) in [5, 5.41) is 2.67. The van der Waals surface area contributed by atoms with Gasteiger partial charge in [-0.05, 0) is 30.7 Å². The van der Waals surface area contributed by atoms with Crippen LogP contribution in [0.1, 0.15) is 23.2 Å². The van der Waals surface area contributed by atoms with E-state index in [1.165, 1.54) is 24.3 Å². The van der Waals surface area contributed by atoms with E-state index >= 15 is 0 Å². The van der Waals surface area contributed by atoms with Crippen LogP contribution in [-0.2, 0) is 9.59 Å². The molecule has 0 aliphatic carbocycles. The van der Waals surface area contributed by atoms with Gasteiger partial charge in [0, 0.05) is 38.2 Å². The molecule has 0 bridgehead atoms. The standard InChI is InChI=1S/C16H18FN3O3/c17-12-3-1-11(2-4-12)15(22)19-7-9-20(10-8-19)16(23)13-5-6-14(21)18-13/h1-4,13H,5-10H2,(H,18,21). The molecule has 0 spiro atoms. The molecule has 1 atom stereocenters. The second-order valence-corrected chi connectivity index (χ2v) is 5.78. The summed E-state index contributed by atoms with van der Waals surface area (Å²) in [6.07, 6.45) is 0.922. The number of benzene rings is 1. The Morgan fingerprint density at radius 1 is 1.04 bits per heavy atom. The molecule has 3 amide bonds. The van der Waals surface area contributed by atoms with Gasteiger partial charge < -0.3 is 15.1 Å². The Morgan fingerprint density at radius 2 is 1.65 bits per heavy atom. The van der Waals surface area contributed by atoms with Crippen molar-refractivity contribution in [2.75, 3.05) is 26.2 Å².